The molecule has 0 saturated heterocycles. The van der Waals surface area contributed by atoms with Gasteiger partial charge >= 0.3 is 17.8 Å². The van der Waals surface area contributed by atoms with Crippen LogP contribution in [0.4, 0.5) is 17.6 Å². The van der Waals surface area contributed by atoms with Crippen LogP contribution in [0.3, 0.4) is 0 Å². The zero-order valence-electron chi connectivity index (χ0n) is 14.5. The summed E-state index contributed by atoms with van der Waals surface area (Å²) >= 11 is 5.63. The molecule has 3 rings (SSSR count). The number of halogens is 5. The van der Waals surface area contributed by atoms with Gasteiger partial charge in [0, 0.05) is 12.6 Å². The van der Waals surface area contributed by atoms with E-state index in [4.69, 9.17) is 16.3 Å². The van der Waals surface area contributed by atoms with Gasteiger partial charge in [0.2, 0.25) is 0 Å². The Morgan fingerprint density at radius 3 is 2.75 bits per heavy atom. The number of esters is 1. The molecule has 152 valence electrons. The predicted molar refractivity (Wildman–Crippen MR) is 88.3 cm³/mol. The minimum Gasteiger partial charge on any atom is -0.464 e. The smallest absolute Gasteiger partial charge is 0.392 e. The lowest BCUT2D eigenvalue weighted by Gasteiger charge is -2.29. The molecule has 1 aliphatic rings. The molecule has 0 N–H and O–H groups in total. The Labute approximate surface area is 160 Å². The van der Waals surface area contributed by atoms with Crippen molar-refractivity contribution in [3.63, 3.8) is 0 Å². The van der Waals surface area contributed by atoms with E-state index >= 15 is 0 Å². The number of rotatable bonds is 4. The summed E-state index contributed by atoms with van der Waals surface area (Å²) in [6.07, 6.45) is -4.60. The van der Waals surface area contributed by atoms with Crippen molar-refractivity contribution in [2.24, 2.45) is 5.92 Å². The van der Waals surface area contributed by atoms with Crippen LogP contribution in [0.25, 0.3) is 0 Å². The molecule has 7 nitrogen and oxygen atoms in total. The SMILES string of the molecule is CCOC(=O)C1CC(C(F)(F)F)Cc2nn(Cc3ncc(Cl)cc3F)c(=O)n21. The summed E-state index contributed by atoms with van der Waals surface area (Å²) in [7, 11) is 0. The van der Waals surface area contributed by atoms with Gasteiger partial charge in [-0.25, -0.2) is 18.7 Å². The fourth-order valence-electron chi connectivity index (χ4n) is 3.09. The fourth-order valence-corrected chi connectivity index (χ4v) is 3.23. The lowest BCUT2D eigenvalue weighted by Crippen LogP contribution is -2.41. The molecule has 0 aliphatic carbocycles. The minimum absolute atomic E-state index is 0.0492. The van der Waals surface area contributed by atoms with Crippen LogP contribution in [-0.2, 0) is 22.5 Å². The molecular formula is C16H15ClF4N4O3. The van der Waals surface area contributed by atoms with Gasteiger partial charge in [-0.1, -0.05) is 11.6 Å². The number of ether oxygens (including phenoxy) is 1. The third-order valence-corrected chi connectivity index (χ3v) is 4.60. The highest BCUT2D eigenvalue weighted by Gasteiger charge is 2.47. The number of hydrogen-bond donors (Lipinski definition) is 0. The van der Waals surface area contributed by atoms with Gasteiger partial charge in [0.25, 0.3) is 0 Å². The zero-order valence-corrected chi connectivity index (χ0v) is 15.3. The summed E-state index contributed by atoms with van der Waals surface area (Å²) in [5.74, 6) is -3.81. The van der Waals surface area contributed by atoms with E-state index in [1.807, 2.05) is 0 Å². The molecular weight excluding hydrogens is 408 g/mol. The average Bonchev–Trinajstić information content (AvgIpc) is 2.92. The van der Waals surface area contributed by atoms with Crippen LogP contribution in [0.2, 0.25) is 5.02 Å². The maximum absolute atomic E-state index is 14.0. The van der Waals surface area contributed by atoms with E-state index in [2.05, 4.69) is 10.1 Å². The molecule has 0 saturated carbocycles. The summed E-state index contributed by atoms with van der Waals surface area (Å²) in [4.78, 5) is 28.6. The number of hydrogen-bond acceptors (Lipinski definition) is 5. The van der Waals surface area contributed by atoms with E-state index in [-0.39, 0.29) is 23.1 Å². The maximum Gasteiger partial charge on any atom is 0.392 e. The van der Waals surface area contributed by atoms with Crippen LogP contribution in [-0.4, -0.2) is 38.1 Å². The van der Waals surface area contributed by atoms with E-state index in [9.17, 15) is 27.2 Å². The standard InChI is InChI=1S/C16H15ClF4N4O3/c1-2-28-14(26)12-3-8(16(19,20)21)4-13-23-24(15(27)25(12)13)7-11-10(18)5-9(17)6-22-11/h5-6,8,12H,2-4,7H2,1H3. The fraction of sp³-hybridized carbons (Fsp3) is 0.500. The quantitative estimate of drug-likeness (QED) is 0.559. The summed E-state index contributed by atoms with van der Waals surface area (Å²) in [6, 6.07) is -0.467. The topological polar surface area (TPSA) is 79.0 Å². The normalized spacial score (nSPS) is 19.4. The number of alkyl halides is 3. The molecule has 0 aromatic carbocycles. The van der Waals surface area contributed by atoms with E-state index in [0.29, 0.717) is 0 Å². The molecule has 2 unspecified atom stereocenters. The zero-order chi connectivity index (χ0) is 20.6. The van der Waals surface area contributed by atoms with Gasteiger partial charge in [-0.3, -0.25) is 9.55 Å². The summed E-state index contributed by atoms with van der Waals surface area (Å²) in [5, 5.41) is 3.93. The molecule has 2 aromatic rings. The molecule has 0 fully saturated rings. The Kier molecular flexibility index (Phi) is 5.46. The van der Waals surface area contributed by atoms with Crippen LogP contribution < -0.4 is 5.69 Å². The predicted octanol–water partition coefficient (Wildman–Crippen LogP) is 2.51. The van der Waals surface area contributed by atoms with Crippen molar-refractivity contribution < 1.29 is 27.1 Å². The van der Waals surface area contributed by atoms with Crippen LogP contribution in [0.5, 0.6) is 0 Å². The Hall–Kier alpha value is -2.43. The number of carbonyl (C=O) groups excluding carboxylic acids is 1. The second-order valence-electron chi connectivity index (χ2n) is 6.25. The number of carbonyl (C=O) groups is 1. The lowest BCUT2D eigenvalue weighted by atomic mass is 9.91. The molecule has 3 heterocycles. The molecule has 12 heteroatoms. The second kappa shape index (κ2) is 7.53. The van der Waals surface area contributed by atoms with E-state index in [1.165, 1.54) is 13.1 Å². The third-order valence-electron chi connectivity index (χ3n) is 4.39. The highest BCUT2D eigenvalue weighted by molar-refractivity contribution is 6.30. The Balaban J connectivity index is 2.02. The van der Waals surface area contributed by atoms with Gasteiger partial charge in [0.15, 0.2) is 0 Å². The summed E-state index contributed by atoms with van der Waals surface area (Å²) in [5.41, 5.74) is -1.01. The molecule has 0 bridgehead atoms. The molecule has 2 aromatic heterocycles. The molecule has 28 heavy (non-hydrogen) atoms. The molecule has 0 radical (unpaired) electrons. The van der Waals surface area contributed by atoms with Crippen molar-refractivity contribution in [3.8, 4) is 0 Å². The maximum atomic E-state index is 14.0. The van der Waals surface area contributed by atoms with Gasteiger partial charge in [-0.15, -0.1) is 0 Å². The van der Waals surface area contributed by atoms with Gasteiger partial charge in [-0.2, -0.15) is 18.3 Å². The van der Waals surface area contributed by atoms with Crippen molar-refractivity contribution in [3.05, 3.63) is 45.1 Å². The highest BCUT2D eigenvalue weighted by Crippen LogP contribution is 2.38. The molecule has 1 aliphatic heterocycles. The van der Waals surface area contributed by atoms with Crippen molar-refractivity contribution in [2.75, 3.05) is 6.61 Å². The first-order valence-corrected chi connectivity index (χ1v) is 8.71. The van der Waals surface area contributed by atoms with Crippen molar-refractivity contribution in [1.29, 1.82) is 0 Å². The van der Waals surface area contributed by atoms with E-state index in [0.717, 1.165) is 15.3 Å². The number of pyridine rings is 1. The number of fused-ring (bicyclic) bond motifs is 1. The number of aromatic nitrogens is 4. The molecule has 0 spiro atoms. The molecule has 0 amide bonds. The third kappa shape index (κ3) is 3.89. The largest absolute Gasteiger partial charge is 0.464 e. The van der Waals surface area contributed by atoms with Crippen LogP contribution >= 0.6 is 11.6 Å². The Morgan fingerprint density at radius 2 is 2.14 bits per heavy atom. The first kappa shape index (κ1) is 20.3. The van der Waals surface area contributed by atoms with Gasteiger partial charge in [-0.05, 0) is 19.4 Å². The number of nitrogens with zero attached hydrogens (tertiary/aromatic N) is 4. The van der Waals surface area contributed by atoms with Gasteiger partial charge in [0.05, 0.1) is 29.8 Å². The first-order valence-electron chi connectivity index (χ1n) is 8.33. The average molecular weight is 423 g/mol. The molecule has 2 atom stereocenters. The van der Waals surface area contributed by atoms with E-state index < -0.39 is 55.0 Å². The van der Waals surface area contributed by atoms with Crippen molar-refractivity contribution in [2.45, 2.75) is 38.5 Å². The van der Waals surface area contributed by atoms with Crippen molar-refractivity contribution >= 4 is 17.6 Å². The monoisotopic (exact) mass is 422 g/mol. The van der Waals surface area contributed by atoms with E-state index in [1.54, 1.807) is 0 Å². The van der Waals surface area contributed by atoms with Gasteiger partial charge in [0.1, 0.15) is 17.7 Å². The second-order valence-corrected chi connectivity index (χ2v) is 6.69. The summed E-state index contributed by atoms with van der Waals surface area (Å²) in [6.45, 7) is 1.03. The van der Waals surface area contributed by atoms with Gasteiger partial charge < -0.3 is 4.74 Å². The van der Waals surface area contributed by atoms with Crippen LogP contribution in [0.15, 0.2) is 17.1 Å². The minimum atomic E-state index is -4.57. The first-order chi connectivity index (χ1) is 13.1. The van der Waals surface area contributed by atoms with Crippen LogP contribution in [0, 0.1) is 11.7 Å². The lowest BCUT2D eigenvalue weighted by molar-refractivity contribution is -0.184. The highest BCUT2D eigenvalue weighted by atomic mass is 35.5. The Morgan fingerprint density at radius 1 is 1.43 bits per heavy atom. The Bertz CT molecular complexity index is 956. The van der Waals surface area contributed by atoms with Crippen LogP contribution in [0.1, 0.15) is 30.9 Å². The summed E-state index contributed by atoms with van der Waals surface area (Å²) < 4.78 is 60.2. The van der Waals surface area contributed by atoms with Crippen molar-refractivity contribution in [1.82, 2.24) is 19.3 Å².